The van der Waals surface area contributed by atoms with E-state index < -0.39 is 58.8 Å². The van der Waals surface area contributed by atoms with Gasteiger partial charge in [0.1, 0.15) is 22.7 Å². The zero-order valence-corrected chi connectivity index (χ0v) is 25.7. The van der Waals surface area contributed by atoms with Gasteiger partial charge in [-0.05, 0) is 37.5 Å². The minimum absolute atomic E-state index is 0.115. The summed E-state index contributed by atoms with van der Waals surface area (Å²) in [5.41, 5.74) is 0.169. The number of thioether (sulfide) groups is 1. The second kappa shape index (κ2) is 13.0. The molecule has 10 nitrogen and oxygen atoms in total. The molecule has 2 heterocycles. The second-order valence-electron chi connectivity index (χ2n) is 11.5. The summed E-state index contributed by atoms with van der Waals surface area (Å²) in [4.78, 5) is 67.3. The van der Waals surface area contributed by atoms with Crippen LogP contribution in [0.3, 0.4) is 0 Å². The Morgan fingerprint density at radius 3 is 1.87 bits per heavy atom. The number of esters is 2. The SMILES string of the molecule is CC(C)(C)OC(=O)C(C(=O)NC1C(=O)N2C(C(=O)OC(c3ccccc3)c3ccccc3)=C(C(=O)O)CS[C@@H]12)c1ccccc1. The summed E-state index contributed by atoms with van der Waals surface area (Å²) in [5, 5.41) is 11.8. The molecule has 0 bridgehead atoms. The number of carbonyl (C=O) groups excluding carboxylic acids is 4. The third-order valence-electron chi connectivity index (χ3n) is 7.18. The van der Waals surface area contributed by atoms with Gasteiger partial charge in [0.15, 0.2) is 12.0 Å². The molecule has 2 aliphatic rings. The van der Waals surface area contributed by atoms with Gasteiger partial charge in [-0.15, -0.1) is 11.8 Å². The highest BCUT2D eigenvalue weighted by Crippen LogP contribution is 2.42. The number of nitrogens with one attached hydrogen (secondary N) is 1. The van der Waals surface area contributed by atoms with Crippen LogP contribution in [-0.2, 0) is 33.4 Å². The van der Waals surface area contributed by atoms with Gasteiger partial charge in [0.05, 0.1) is 5.57 Å². The summed E-state index contributed by atoms with van der Waals surface area (Å²) in [6, 6.07) is 25.2. The fourth-order valence-electron chi connectivity index (χ4n) is 5.16. The van der Waals surface area contributed by atoms with Crippen molar-refractivity contribution in [2.75, 3.05) is 5.75 Å². The highest BCUT2D eigenvalue weighted by molar-refractivity contribution is 8.00. The number of aliphatic carboxylic acids is 1. The molecule has 2 unspecified atom stereocenters. The highest BCUT2D eigenvalue weighted by atomic mass is 32.2. The number of carboxylic acid groups (broad SMARTS) is 1. The smallest absolute Gasteiger partial charge is 0.356 e. The lowest BCUT2D eigenvalue weighted by atomic mass is 9.96. The number of fused-ring (bicyclic) bond motifs is 1. The van der Waals surface area contributed by atoms with E-state index in [1.807, 2.05) is 12.1 Å². The number of carbonyl (C=O) groups is 5. The van der Waals surface area contributed by atoms with Crippen LogP contribution in [0.15, 0.2) is 102 Å². The van der Waals surface area contributed by atoms with Gasteiger partial charge in [-0.25, -0.2) is 9.59 Å². The first-order valence-electron chi connectivity index (χ1n) is 14.3. The molecule has 2 N–H and O–H groups in total. The molecule has 232 valence electrons. The van der Waals surface area contributed by atoms with Crippen molar-refractivity contribution in [3.63, 3.8) is 0 Å². The number of rotatable bonds is 9. The van der Waals surface area contributed by atoms with Crippen LogP contribution in [0.25, 0.3) is 0 Å². The van der Waals surface area contributed by atoms with Crippen molar-refractivity contribution in [1.29, 1.82) is 0 Å². The lowest BCUT2D eigenvalue weighted by molar-refractivity contribution is -0.160. The first-order chi connectivity index (χ1) is 21.5. The van der Waals surface area contributed by atoms with E-state index in [1.165, 1.54) is 0 Å². The minimum atomic E-state index is -1.36. The zero-order valence-electron chi connectivity index (χ0n) is 24.8. The topological polar surface area (TPSA) is 139 Å². The average molecular weight is 629 g/mol. The van der Waals surface area contributed by atoms with Crippen molar-refractivity contribution >= 4 is 41.5 Å². The predicted molar refractivity (Wildman–Crippen MR) is 166 cm³/mol. The molecule has 1 fully saturated rings. The van der Waals surface area contributed by atoms with Crippen LogP contribution in [0.5, 0.6) is 0 Å². The Morgan fingerprint density at radius 2 is 1.38 bits per heavy atom. The Balaban J connectivity index is 1.40. The molecular weight excluding hydrogens is 596 g/mol. The fourth-order valence-corrected chi connectivity index (χ4v) is 6.49. The van der Waals surface area contributed by atoms with E-state index in [4.69, 9.17) is 9.47 Å². The number of hydrogen-bond donors (Lipinski definition) is 2. The van der Waals surface area contributed by atoms with E-state index in [9.17, 15) is 29.1 Å². The third-order valence-corrected chi connectivity index (χ3v) is 8.46. The summed E-state index contributed by atoms with van der Waals surface area (Å²) in [6.45, 7) is 5.05. The molecule has 3 aromatic rings. The van der Waals surface area contributed by atoms with Gasteiger partial charge in [0, 0.05) is 5.75 Å². The molecule has 5 rings (SSSR count). The highest BCUT2D eigenvalue weighted by Gasteiger charge is 2.56. The van der Waals surface area contributed by atoms with Crippen molar-refractivity contribution in [1.82, 2.24) is 10.2 Å². The van der Waals surface area contributed by atoms with Crippen molar-refractivity contribution in [3.8, 4) is 0 Å². The Bertz CT molecular complexity index is 1600. The Hall–Kier alpha value is -4.90. The van der Waals surface area contributed by atoms with Gasteiger partial charge in [0.25, 0.3) is 5.91 Å². The summed E-state index contributed by atoms with van der Waals surface area (Å²) in [5.74, 6) is -6.04. The Kier molecular flexibility index (Phi) is 9.10. The quantitative estimate of drug-likeness (QED) is 0.203. The molecule has 0 spiro atoms. The minimum Gasteiger partial charge on any atom is -0.478 e. The molecule has 3 aromatic carbocycles. The van der Waals surface area contributed by atoms with Crippen LogP contribution in [-0.4, -0.2) is 62.5 Å². The molecule has 0 saturated carbocycles. The molecular formula is C34H32N2O8S. The second-order valence-corrected chi connectivity index (χ2v) is 12.6. The summed E-state index contributed by atoms with van der Waals surface area (Å²) in [7, 11) is 0. The van der Waals surface area contributed by atoms with E-state index >= 15 is 0 Å². The number of hydrogen-bond acceptors (Lipinski definition) is 8. The third kappa shape index (κ3) is 6.78. The van der Waals surface area contributed by atoms with Crippen LogP contribution in [0, 0.1) is 0 Å². The summed E-state index contributed by atoms with van der Waals surface area (Å²) in [6.07, 6.45) is -0.872. The Morgan fingerprint density at radius 1 is 0.867 bits per heavy atom. The van der Waals surface area contributed by atoms with Gasteiger partial charge in [0.2, 0.25) is 5.91 Å². The lowest BCUT2D eigenvalue weighted by Crippen LogP contribution is -2.71. The predicted octanol–water partition coefficient (Wildman–Crippen LogP) is 4.18. The van der Waals surface area contributed by atoms with Crippen molar-refractivity contribution in [3.05, 3.63) is 119 Å². The van der Waals surface area contributed by atoms with Gasteiger partial charge in [-0.3, -0.25) is 19.3 Å². The van der Waals surface area contributed by atoms with Crippen molar-refractivity contribution in [2.24, 2.45) is 0 Å². The molecule has 2 aliphatic heterocycles. The molecule has 3 atom stereocenters. The van der Waals surface area contributed by atoms with E-state index in [0.717, 1.165) is 16.7 Å². The van der Waals surface area contributed by atoms with E-state index in [2.05, 4.69) is 5.32 Å². The molecule has 0 radical (unpaired) electrons. The largest absolute Gasteiger partial charge is 0.478 e. The summed E-state index contributed by atoms with van der Waals surface area (Å²) >= 11 is 1.09. The molecule has 11 heteroatoms. The maximum absolute atomic E-state index is 13.8. The number of carboxylic acids is 1. The van der Waals surface area contributed by atoms with Crippen LogP contribution in [0.4, 0.5) is 0 Å². The molecule has 0 aliphatic carbocycles. The number of nitrogens with zero attached hydrogens (tertiary/aromatic N) is 1. The molecule has 45 heavy (non-hydrogen) atoms. The first kappa shape index (κ1) is 31.5. The zero-order chi connectivity index (χ0) is 32.3. The monoisotopic (exact) mass is 628 g/mol. The maximum atomic E-state index is 13.8. The van der Waals surface area contributed by atoms with Crippen LogP contribution in [0.2, 0.25) is 0 Å². The fraction of sp³-hybridized carbons (Fsp3) is 0.265. The number of amides is 2. The first-order valence-corrected chi connectivity index (χ1v) is 15.3. The standard InChI is InChI=1S/C34H32N2O8S/c1-34(2,3)44-32(41)24(20-13-7-4-8-14-20)28(37)35-25-29(38)36-26(23(31(39)40)19-45-30(25)36)33(42)43-27(21-15-9-5-10-16-21)22-17-11-6-12-18-22/h4-18,24-25,27,30H,19H2,1-3H3,(H,35,37)(H,39,40)/t24?,25?,30-/m0/s1. The van der Waals surface area contributed by atoms with E-state index in [1.54, 1.807) is 99.6 Å². The van der Waals surface area contributed by atoms with Crippen molar-refractivity contribution in [2.45, 2.75) is 49.8 Å². The van der Waals surface area contributed by atoms with Crippen LogP contribution >= 0.6 is 11.8 Å². The number of β-lactam (4-membered cyclic amide) rings is 1. The molecule has 0 aromatic heterocycles. The van der Waals surface area contributed by atoms with Gasteiger partial charge in [-0.1, -0.05) is 91.0 Å². The van der Waals surface area contributed by atoms with Gasteiger partial charge in [-0.2, -0.15) is 0 Å². The van der Waals surface area contributed by atoms with Crippen LogP contribution in [0.1, 0.15) is 49.5 Å². The van der Waals surface area contributed by atoms with Gasteiger partial charge >= 0.3 is 17.9 Å². The number of benzene rings is 3. The maximum Gasteiger partial charge on any atom is 0.356 e. The van der Waals surface area contributed by atoms with Crippen LogP contribution < -0.4 is 5.32 Å². The van der Waals surface area contributed by atoms with Gasteiger partial charge < -0.3 is 19.9 Å². The average Bonchev–Trinajstić information content (AvgIpc) is 3.02. The summed E-state index contributed by atoms with van der Waals surface area (Å²) < 4.78 is 11.4. The molecule has 2 amide bonds. The number of ether oxygens (including phenoxy) is 2. The Labute approximate surface area is 264 Å². The van der Waals surface area contributed by atoms with E-state index in [0.29, 0.717) is 16.7 Å². The normalized spacial score (nSPS) is 18.4. The van der Waals surface area contributed by atoms with Crippen molar-refractivity contribution < 1.29 is 38.6 Å². The van der Waals surface area contributed by atoms with E-state index in [-0.39, 0.29) is 17.0 Å². The lowest BCUT2D eigenvalue weighted by Gasteiger charge is -2.49. The molecule has 1 saturated heterocycles.